The van der Waals surface area contributed by atoms with Crippen LogP contribution in [0.25, 0.3) is 44.5 Å². The fraction of sp³-hybridized carbons (Fsp3) is 0.143. The molecule has 0 radical (unpaired) electrons. The molecular weight excluding hydrogens is 1150 g/mol. The Labute approximate surface area is 576 Å². The van der Waals surface area contributed by atoms with Crippen LogP contribution in [0.3, 0.4) is 0 Å². The van der Waals surface area contributed by atoms with Crippen LogP contribution in [-0.2, 0) is 21.7 Å². The Morgan fingerprint density at radius 3 is 1.35 bits per heavy atom. The average Bonchev–Trinajstić information content (AvgIpc) is 1.69. The molecule has 2 aliphatic heterocycles. The highest BCUT2D eigenvalue weighted by molar-refractivity contribution is 7.00. The average molecular weight is 1230 g/mol. The van der Waals surface area contributed by atoms with Crippen LogP contribution in [-0.4, -0.2) is 6.71 Å². The van der Waals surface area contributed by atoms with E-state index in [0.717, 1.165) is 84.3 Å². The van der Waals surface area contributed by atoms with E-state index in [4.69, 9.17) is 11.0 Å². The van der Waals surface area contributed by atoms with Gasteiger partial charge >= 0.3 is 0 Å². The maximum atomic E-state index is 9.39. The van der Waals surface area contributed by atoms with E-state index in [-0.39, 0.29) is 46.1 Å². The van der Waals surface area contributed by atoms with E-state index in [1.165, 1.54) is 44.5 Å². The Hall–Kier alpha value is -10.7. The van der Waals surface area contributed by atoms with Gasteiger partial charge in [-0.15, -0.1) is 0 Å². The summed E-state index contributed by atoms with van der Waals surface area (Å²) < 4.78 is 88.9. The second kappa shape index (κ2) is 22.8. The highest BCUT2D eigenvalue weighted by atomic mass is 15.2. The van der Waals surface area contributed by atoms with Crippen LogP contribution in [0.4, 0.5) is 51.2 Å². The van der Waals surface area contributed by atoms with Crippen molar-refractivity contribution in [2.75, 3.05) is 14.7 Å². The summed E-state index contributed by atoms with van der Waals surface area (Å²) in [5.41, 5.74) is 23.4. The fourth-order valence-corrected chi connectivity index (χ4v) is 15.0. The van der Waals surface area contributed by atoms with Crippen molar-refractivity contribution in [2.45, 2.75) is 84.0 Å². The predicted octanol–water partition coefficient (Wildman–Crippen LogP) is 22.5. The number of anilines is 9. The molecule has 460 valence electrons. The summed E-state index contributed by atoms with van der Waals surface area (Å²) in [7, 11) is 0. The monoisotopic (exact) mass is 1230 g/mol. The number of fused-ring (bicyclic) bond motifs is 7. The Kier molecular flexibility index (Phi) is 11.8. The molecule has 0 fully saturated rings. The van der Waals surface area contributed by atoms with E-state index in [0.29, 0.717) is 11.1 Å². The normalized spacial score (nSPS) is 15.0. The van der Waals surface area contributed by atoms with Crippen molar-refractivity contribution in [1.29, 1.82) is 0 Å². The molecule has 13 aromatic carbocycles. The van der Waals surface area contributed by atoms with Crippen LogP contribution >= 0.6 is 0 Å². The van der Waals surface area contributed by atoms with Gasteiger partial charge in [0.05, 0.1) is 19.1 Å². The summed E-state index contributed by atoms with van der Waals surface area (Å²) in [6, 6.07) is 85.1. The molecular formula is C91H78BN3. The van der Waals surface area contributed by atoms with Crippen LogP contribution < -0.4 is 31.1 Å². The molecule has 0 atom stereocenters. The molecule has 0 bridgehead atoms. The van der Waals surface area contributed by atoms with Gasteiger partial charge in [-0.05, 0) is 195 Å². The Bertz CT molecular complexity index is 5510. The summed E-state index contributed by atoms with van der Waals surface area (Å²) in [6.45, 7) is 19.6. The van der Waals surface area contributed by atoms with Gasteiger partial charge in [-0.2, -0.15) is 0 Å². The van der Waals surface area contributed by atoms with Crippen LogP contribution in [0.5, 0.6) is 0 Å². The molecule has 0 aromatic heterocycles. The van der Waals surface area contributed by atoms with Crippen molar-refractivity contribution < 1.29 is 13.7 Å². The van der Waals surface area contributed by atoms with E-state index >= 15 is 0 Å². The molecule has 16 rings (SSSR count). The van der Waals surface area contributed by atoms with Gasteiger partial charge in [0.2, 0.25) is 0 Å². The maximum absolute atomic E-state index is 9.39. The quantitative estimate of drug-likeness (QED) is 0.126. The van der Waals surface area contributed by atoms with Crippen LogP contribution in [0.15, 0.2) is 309 Å². The van der Waals surface area contributed by atoms with Crippen molar-refractivity contribution in [2.24, 2.45) is 0 Å². The zero-order valence-corrected chi connectivity index (χ0v) is 55.1. The Morgan fingerprint density at radius 2 is 0.800 bits per heavy atom. The first kappa shape index (κ1) is 49.0. The van der Waals surface area contributed by atoms with Gasteiger partial charge in [0.25, 0.3) is 6.71 Å². The predicted molar refractivity (Wildman–Crippen MR) is 405 cm³/mol. The van der Waals surface area contributed by atoms with Crippen molar-refractivity contribution in [1.82, 2.24) is 0 Å². The molecule has 13 aromatic rings. The lowest BCUT2D eigenvalue weighted by atomic mass is 9.33. The molecule has 0 spiro atoms. The third kappa shape index (κ3) is 10.0. The summed E-state index contributed by atoms with van der Waals surface area (Å²) in [6.07, 6.45) is 0. The van der Waals surface area contributed by atoms with E-state index in [1.54, 1.807) is 0 Å². The second-order valence-corrected chi connectivity index (χ2v) is 28.6. The molecule has 3 nitrogen and oxygen atoms in total. The first-order valence-corrected chi connectivity index (χ1v) is 32.9. The third-order valence-electron chi connectivity index (χ3n) is 19.8. The molecule has 1 aliphatic carbocycles. The van der Waals surface area contributed by atoms with Crippen LogP contribution in [0.2, 0.25) is 0 Å². The first-order valence-electron chi connectivity index (χ1n) is 37.9. The first-order chi connectivity index (χ1) is 50.2. The third-order valence-corrected chi connectivity index (χ3v) is 19.8. The van der Waals surface area contributed by atoms with Crippen molar-refractivity contribution in [3.05, 3.63) is 348 Å². The molecule has 4 heteroatoms. The molecule has 0 saturated carbocycles. The van der Waals surface area contributed by atoms with E-state index in [1.807, 2.05) is 42.5 Å². The molecule has 0 unspecified atom stereocenters. The highest BCUT2D eigenvalue weighted by Crippen LogP contribution is 2.59. The van der Waals surface area contributed by atoms with Gasteiger partial charge in [0.15, 0.2) is 0 Å². The fourth-order valence-electron chi connectivity index (χ4n) is 15.0. The van der Waals surface area contributed by atoms with Gasteiger partial charge in [-0.25, -0.2) is 0 Å². The highest BCUT2D eigenvalue weighted by Gasteiger charge is 2.48. The van der Waals surface area contributed by atoms with Crippen LogP contribution in [0.1, 0.15) is 115 Å². The minimum Gasteiger partial charge on any atom is -0.311 e. The zero-order valence-electron chi connectivity index (χ0n) is 65.1. The lowest BCUT2D eigenvalue weighted by molar-refractivity contribution is 0.590. The van der Waals surface area contributed by atoms with Crippen molar-refractivity contribution >= 4 is 74.3 Å². The zero-order chi connectivity index (χ0) is 73.7. The molecule has 0 N–H and O–H groups in total. The molecule has 0 saturated heterocycles. The number of nitrogens with zero attached hydrogens (tertiary/aromatic N) is 3. The largest absolute Gasteiger partial charge is 0.311 e. The summed E-state index contributed by atoms with van der Waals surface area (Å²) in [5, 5.41) is 0. The molecule has 95 heavy (non-hydrogen) atoms. The minimum absolute atomic E-state index is 0.0869. The Morgan fingerprint density at radius 1 is 0.337 bits per heavy atom. The lowest BCUT2D eigenvalue weighted by Crippen LogP contribution is -2.61. The summed E-state index contributed by atoms with van der Waals surface area (Å²) in [5.74, 6) is 0. The SMILES string of the molecule is [2H]c1c([2H])c([2H])c(-c2ccc(N3c4ccc(-c5c([2H])c([2H])c([2H])c([2H])c5[2H])cc4B4c5ccc(N(c6ccc(C(C)(C)C)cc6)c6ccc(C(C)(C)C)cc6)cc5N(c5ccc(-c6cccc7c6C(c6ccccc6)(c6ccccc6)c6ccccc6-7)cc5)c5cc(C(C)(C)C)cc3c54)cc2)c([2H])c1[2H]. The van der Waals surface area contributed by atoms with Crippen LogP contribution in [0, 0.1) is 0 Å². The van der Waals surface area contributed by atoms with Gasteiger partial charge < -0.3 is 14.7 Å². The van der Waals surface area contributed by atoms with E-state index in [9.17, 15) is 2.74 Å². The van der Waals surface area contributed by atoms with Crippen molar-refractivity contribution in [3.8, 4) is 44.5 Å². The maximum Gasteiger partial charge on any atom is 0.252 e. The molecule has 0 amide bonds. The number of benzene rings is 13. The van der Waals surface area contributed by atoms with Gasteiger partial charge in [-0.3, -0.25) is 0 Å². The molecule has 2 heterocycles. The van der Waals surface area contributed by atoms with Crippen molar-refractivity contribution in [3.63, 3.8) is 0 Å². The van der Waals surface area contributed by atoms with Gasteiger partial charge in [-0.1, -0.05) is 293 Å². The standard InChI is InChI=1S/C91H78BN3/c1-88(2,3)66-42-50-71(51-43-66)93(72-52-44-67(45-53-72)89(4,5)6)75-54-55-80-83(60-75)95(74-48-39-64(40-49-74)76-34-24-35-78-77-33-22-23-36-79(77)91(86(76)78,68-29-18-12-19-30-68)69-31-20-13-21-32-69)85-59-70(90(7,8)9)58-84-87(85)92(80)81-57-65(62-27-16-11-17-28-62)41-56-82(81)94(84)73-46-37-63(38-47-73)61-25-14-10-15-26-61/h10-60H,1-9H3/i10D,11D,14D,15D,16D,17D,25D,26D,27D,28D. The Balaban J connectivity index is 0.972. The topological polar surface area (TPSA) is 9.72 Å². The smallest absolute Gasteiger partial charge is 0.252 e. The van der Waals surface area contributed by atoms with Gasteiger partial charge in [0.1, 0.15) is 0 Å². The van der Waals surface area contributed by atoms with E-state index in [2.05, 4.69) is 283 Å². The number of hydrogen-bond donors (Lipinski definition) is 0. The van der Waals surface area contributed by atoms with Gasteiger partial charge in [0, 0.05) is 51.2 Å². The second-order valence-electron chi connectivity index (χ2n) is 28.6. The van der Waals surface area contributed by atoms with E-state index < -0.39 is 53.8 Å². The minimum atomic E-state index is -0.663. The molecule has 3 aliphatic rings. The lowest BCUT2D eigenvalue weighted by Gasteiger charge is -2.45. The number of rotatable bonds is 10. The number of hydrogen-bond acceptors (Lipinski definition) is 3. The summed E-state index contributed by atoms with van der Waals surface area (Å²) in [4.78, 5) is 6.99. The summed E-state index contributed by atoms with van der Waals surface area (Å²) >= 11 is 0.